The van der Waals surface area contributed by atoms with Gasteiger partial charge in [0.25, 0.3) is 0 Å². The van der Waals surface area contributed by atoms with Gasteiger partial charge in [-0.05, 0) is 41.3 Å². The number of nitrogens with one attached hydrogen (secondary N) is 1. The quantitative estimate of drug-likeness (QED) is 0.758. The molecule has 1 aliphatic heterocycles. The number of rotatable bonds is 5. The predicted octanol–water partition coefficient (Wildman–Crippen LogP) is 3.56. The second-order valence-electron chi connectivity index (χ2n) is 7.25. The Morgan fingerprint density at radius 1 is 1.00 bits per heavy atom. The number of nitrogens with zero attached hydrogens (tertiary/aromatic N) is 2. The summed E-state index contributed by atoms with van der Waals surface area (Å²) in [4.78, 5) is 19.4. The van der Waals surface area contributed by atoms with Crippen LogP contribution < -0.4 is 5.32 Å². The highest BCUT2D eigenvalue weighted by Crippen LogP contribution is 2.19. The van der Waals surface area contributed by atoms with Gasteiger partial charge in [0.2, 0.25) is 5.91 Å². The molecule has 0 aliphatic carbocycles. The summed E-state index contributed by atoms with van der Waals surface area (Å²) in [5.74, 6) is 0.120. The highest BCUT2D eigenvalue weighted by Gasteiger charge is 2.21. The summed E-state index contributed by atoms with van der Waals surface area (Å²) < 4.78 is 0. The van der Waals surface area contributed by atoms with E-state index in [2.05, 4.69) is 45.5 Å². The van der Waals surface area contributed by atoms with Crippen LogP contribution >= 0.6 is 0 Å². The molecular formula is C23H25N3O. The molecule has 1 amide bonds. The normalized spacial score (nSPS) is 15.7. The van der Waals surface area contributed by atoms with Gasteiger partial charge in [0.05, 0.1) is 12.1 Å². The minimum Gasteiger partial charge on any atom is -0.353 e. The molecule has 1 aromatic heterocycles. The van der Waals surface area contributed by atoms with Gasteiger partial charge in [0.15, 0.2) is 0 Å². The fourth-order valence-electron chi connectivity index (χ4n) is 3.85. The maximum atomic E-state index is 12.6. The number of amides is 1. The Morgan fingerprint density at radius 3 is 2.59 bits per heavy atom. The average molecular weight is 359 g/mol. The first kappa shape index (κ1) is 17.7. The molecule has 27 heavy (non-hydrogen) atoms. The number of carbonyl (C=O) groups excluding carboxylic acids is 1. The molecule has 3 aromatic rings. The Bertz CT molecular complexity index is 896. The Balaban J connectivity index is 1.29. The molecule has 1 fully saturated rings. The molecule has 0 radical (unpaired) electrons. The minimum atomic E-state index is 0.120. The Hall–Kier alpha value is -2.72. The molecule has 1 saturated heterocycles. The Kier molecular flexibility index (Phi) is 5.45. The van der Waals surface area contributed by atoms with Crippen molar-refractivity contribution >= 4 is 16.7 Å². The number of fused-ring (bicyclic) bond motifs is 1. The van der Waals surface area contributed by atoms with E-state index < -0.39 is 0 Å². The molecule has 0 unspecified atom stereocenters. The van der Waals surface area contributed by atoms with Gasteiger partial charge < -0.3 is 5.32 Å². The van der Waals surface area contributed by atoms with Crippen molar-refractivity contribution in [3.05, 3.63) is 78.1 Å². The second-order valence-corrected chi connectivity index (χ2v) is 7.25. The summed E-state index contributed by atoms with van der Waals surface area (Å²) >= 11 is 0. The van der Waals surface area contributed by atoms with Crippen LogP contribution in [0.15, 0.2) is 66.9 Å². The van der Waals surface area contributed by atoms with Crippen molar-refractivity contribution in [3.8, 4) is 0 Å². The van der Waals surface area contributed by atoms with Crippen molar-refractivity contribution in [2.24, 2.45) is 0 Å². The smallest absolute Gasteiger partial charge is 0.224 e. The monoisotopic (exact) mass is 359 g/mol. The minimum absolute atomic E-state index is 0.120. The number of likely N-dealkylation sites (tertiary alicyclic amines) is 1. The van der Waals surface area contributed by atoms with Gasteiger partial charge in [-0.2, -0.15) is 0 Å². The number of pyridine rings is 1. The molecule has 0 atom stereocenters. The molecular weight excluding hydrogens is 334 g/mol. The van der Waals surface area contributed by atoms with Gasteiger partial charge in [0.1, 0.15) is 0 Å². The molecule has 2 aromatic carbocycles. The number of carbonyl (C=O) groups is 1. The summed E-state index contributed by atoms with van der Waals surface area (Å²) in [6, 6.07) is 20.7. The van der Waals surface area contributed by atoms with Crippen LogP contribution in [-0.4, -0.2) is 34.9 Å². The van der Waals surface area contributed by atoms with Crippen LogP contribution in [0.25, 0.3) is 10.8 Å². The zero-order valence-electron chi connectivity index (χ0n) is 15.5. The Morgan fingerprint density at radius 2 is 1.78 bits per heavy atom. The van der Waals surface area contributed by atoms with E-state index in [-0.39, 0.29) is 11.9 Å². The highest BCUT2D eigenvalue weighted by atomic mass is 16.1. The van der Waals surface area contributed by atoms with Crippen molar-refractivity contribution in [2.75, 3.05) is 13.1 Å². The third-order valence-corrected chi connectivity index (χ3v) is 5.30. The zero-order valence-corrected chi connectivity index (χ0v) is 15.5. The Labute approximate surface area is 160 Å². The van der Waals surface area contributed by atoms with Crippen LogP contribution in [-0.2, 0) is 17.8 Å². The van der Waals surface area contributed by atoms with Gasteiger partial charge in [-0.15, -0.1) is 0 Å². The number of hydrogen-bond acceptors (Lipinski definition) is 3. The maximum absolute atomic E-state index is 12.6. The summed E-state index contributed by atoms with van der Waals surface area (Å²) in [5, 5.41) is 5.59. The molecule has 0 bridgehead atoms. The van der Waals surface area contributed by atoms with Crippen LogP contribution in [0, 0.1) is 0 Å². The molecule has 2 heterocycles. The van der Waals surface area contributed by atoms with Gasteiger partial charge in [-0.3, -0.25) is 14.7 Å². The molecule has 4 heteroatoms. The summed E-state index contributed by atoms with van der Waals surface area (Å²) in [6.45, 7) is 2.88. The first-order valence-corrected chi connectivity index (χ1v) is 9.66. The zero-order chi connectivity index (χ0) is 18.5. The van der Waals surface area contributed by atoms with Crippen LogP contribution in [0.3, 0.4) is 0 Å². The largest absolute Gasteiger partial charge is 0.353 e. The maximum Gasteiger partial charge on any atom is 0.224 e. The van der Waals surface area contributed by atoms with E-state index in [9.17, 15) is 4.79 Å². The lowest BCUT2D eigenvalue weighted by molar-refractivity contribution is -0.121. The molecule has 4 nitrogen and oxygen atoms in total. The molecule has 0 spiro atoms. The van der Waals surface area contributed by atoms with Crippen LogP contribution in [0.5, 0.6) is 0 Å². The van der Waals surface area contributed by atoms with Crippen molar-refractivity contribution in [3.63, 3.8) is 0 Å². The van der Waals surface area contributed by atoms with E-state index in [0.717, 1.165) is 43.7 Å². The SMILES string of the molecule is O=C(Cc1cccc2ccccc12)NC1CCN(Cc2ccccn2)CC1. The summed E-state index contributed by atoms with van der Waals surface area (Å²) in [7, 11) is 0. The summed E-state index contributed by atoms with van der Waals surface area (Å²) in [5.41, 5.74) is 2.20. The van der Waals surface area contributed by atoms with Crippen LogP contribution in [0.1, 0.15) is 24.1 Å². The standard InChI is InChI=1S/C23H25N3O/c27-23(16-19-8-5-7-18-6-1-2-10-22(18)19)25-20-11-14-26(15-12-20)17-21-9-3-4-13-24-21/h1-10,13,20H,11-12,14-17H2,(H,25,27). The first-order valence-electron chi connectivity index (χ1n) is 9.66. The third kappa shape index (κ3) is 4.52. The summed E-state index contributed by atoms with van der Waals surface area (Å²) in [6.07, 6.45) is 4.27. The fourth-order valence-corrected chi connectivity index (χ4v) is 3.85. The first-order chi connectivity index (χ1) is 13.3. The molecule has 138 valence electrons. The van der Waals surface area contributed by atoms with Crippen LogP contribution in [0.2, 0.25) is 0 Å². The van der Waals surface area contributed by atoms with Gasteiger partial charge in [-0.25, -0.2) is 0 Å². The van der Waals surface area contributed by atoms with E-state index in [1.807, 2.05) is 36.5 Å². The van der Waals surface area contributed by atoms with E-state index in [1.54, 1.807) is 0 Å². The second kappa shape index (κ2) is 8.31. The van der Waals surface area contributed by atoms with Gasteiger partial charge in [0, 0.05) is 31.9 Å². The highest BCUT2D eigenvalue weighted by molar-refractivity contribution is 5.90. The molecule has 1 N–H and O–H groups in total. The number of aromatic nitrogens is 1. The lowest BCUT2D eigenvalue weighted by atomic mass is 10.0. The van der Waals surface area contributed by atoms with E-state index in [1.165, 1.54) is 10.8 Å². The third-order valence-electron chi connectivity index (χ3n) is 5.30. The van der Waals surface area contributed by atoms with E-state index >= 15 is 0 Å². The van der Waals surface area contributed by atoms with E-state index in [0.29, 0.717) is 6.42 Å². The van der Waals surface area contributed by atoms with Crippen LogP contribution in [0.4, 0.5) is 0 Å². The van der Waals surface area contributed by atoms with Crippen molar-refractivity contribution in [1.82, 2.24) is 15.2 Å². The van der Waals surface area contributed by atoms with Gasteiger partial charge >= 0.3 is 0 Å². The van der Waals surface area contributed by atoms with Crippen molar-refractivity contribution in [1.29, 1.82) is 0 Å². The lowest BCUT2D eigenvalue weighted by Crippen LogP contribution is -2.44. The molecule has 0 saturated carbocycles. The van der Waals surface area contributed by atoms with E-state index in [4.69, 9.17) is 0 Å². The predicted molar refractivity (Wildman–Crippen MR) is 108 cm³/mol. The lowest BCUT2D eigenvalue weighted by Gasteiger charge is -2.32. The fraction of sp³-hybridized carbons (Fsp3) is 0.304. The van der Waals surface area contributed by atoms with Crippen molar-refractivity contribution < 1.29 is 4.79 Å². The van der Waals surface area contributed by atoms with Gasteiger partial charge in [-0.1, -0.05) is 48.5 Å². The average Bonchev–Trinajstić information content (AvgIpc) is 2.71. The molecule has 1 aliphatic rings. The number of benzene rings is 2. The number of hydrogen-bond donors (Lipinski definition) is 1. The molecule has 4 rings (SSSR count). The number of piperidine rings is 1. The topological polar surface area (TPSA) is 45.2 Å². The van der Waals surface area contributed by atoms with Crippen molar-refractivity contribution in [2.45, 2.75) is 31.8 Å².